The Kier molecular flexibility index (Phi) is 7.22. The highest BCUT2D eigenvalue weighted by Crippen LogP contribution is 2.27. The van der Waals surface area contributed by atoms with Crippen molar-refractivity contribution >= 4 is 11.6 Å². The van der Waals surface area contributed by atoms with E-state index in [4.69, 9.17) is 4.74 Å². The fourth-order valence-corrected chi connectivity index (χ4v) is 3.02. The Morgan fingerprint density at radius 3 is 2.53 bits per heavy atom. The molecule has 1 aromatic heterocycles. The van der Waals surface area contributed by atoms with Crippen molar-refractivity contribution in [1.29, 1.82) is 0 Å². The number of aromatic nitrogens is 3. The van der Waals surface area contributed by atoms with E-state index in [0.29, 0.717) is 25.0 Å². The maximum atomic E-state index is 12.0. The maximum Gasteiger partial charge on any atom is 0.336 e. The molecule has 1 N–H and O–H groups in total. The molecule has 1 amide bonds. The van der Waals surface area contributed by atoms with Crippen molar-refractivity contribution in [3.63, 3.8) is 0 Å². The van der Waals surface area contributed by atoms with Gasteiger partial charge < -0.3 is 10.1 Å². The molecule has 0 spiro atoms. The first-order chi connectivity index (χ1) is 14.5. The molecule has 0 aliphatic rings. The summed E-state index contributed by atoms with van der Waals surface area (Å²) >= 11 is 0. The van der Waals surface area contributed by atoms with Gasteiger partial charge in [-0.05, 0) is 49.1 Å². The Hall–Kier alpha value is -3.15. The number of nitrogens with zero attached hydrogens (tertiary/aromatic N) is 3. The van der Waals surface area contributed by atoms with Gasteiger partial charge in [0.25, 0.3) is 0 Å². The van der Waals surface area contributed by atoms with E-state index < -0.39 is 0 Å². The number of nitrogens with one attached hydrogen (secondary N) is 1. The van der Waals surface area contributed by atoms with Crippen LogP contribution in [0.5, 0.6) is 6.01 Å². The molecule has 3 aromatic rings. The van der Waals surface area contributed by atoms with Crippen molar-refractivity contribution in [3.8, 4) is 23.1 Å². The SMILES string of the molecule is CCCCC(=O)Nc1ccc(-n2nc(OCC(C)C)nc2-c2ccccc2C)cc1. The van der Waals surface area contributed by atoms with Crippen LogP contribution in [-0.4, -0.2) is 27.3 Å². The molecule has 0 saturated carbocycles. The van der Waals surface area contributed by atoms with Gasteiger partial charge in [0, 0.05) is 17.7 Å². The van der Waals surface area contributed by atoms with Crippen molar-refractivity contribution in [1.82, 2.24) is 14.8 Å². The number of hydrogen-bond donors (Lipinski definition) is 1. The summed E-state index contributed by atoms with van der Waals surface area (Å²) in [6.45, 7) is 8.86. The average Bonchev–Trinajstić information content (AvgIpc) is 3.15. The number of unbranched alkanes of at least 4 members (excludes halogenated alkanes) is 1. The van der Waals surface area contributed by atoms with Gasteiger partial charge in [0.1, 0.15) is 0 Å². The molecule has 6 nitrogen and oxygen atoms in total. The van der Waals surface area contributed by atoms with Crippen LogP contribution < -0.4 is 10.1 Å². The van der Waals surface area contributed by atoms with Crippen LogP contribution in [-0.2, 0) is 4.79 Å². The molecule has 30 heavy (non-hydrogen) atoms. The number of hydrogen-bond acceptors (Lipinski definition) is 4. The molecule has 0 saturated heterocycles. The van der Waals surface area contributed by atoms with Gasteiger partial charge in [-0.1, -0.05) is 51.5 Å². The van der Waals surface area contributed by atoms with Crippen LogP contribution in [0.25, 0.3) is 17.1 Å². The van der Waals surface area contributed by atoms with Gasteiger partial charge in [-0.2, -0.15) is 4.98 Å². The van der Waals surface area contributed by atoms with Crippen LogP contribution in [0.15, 0.2) is 48.5 Å². The van der Waals surface area contributed by atoms with E-state index in [9.17, 15) is 4.79 Å². The third-order valence-electron chi connectivity index (χ3n) is 4.67. The summed E-state index contributed by atoms with van der Waals surface area (Å²) in [6.07, 6.45) is 2.43. The molecule has 0 fully saturated rings. The van der Waals surface area contributed by atoms with Gasteiger partial charge in [-0.25, -0.2) is 4.68 Å². The molecular formula is C24H30N4O2. The quantitative estimate of drug-likeness (QED) is 0.516. The minimum Gasteiger partial charge on any atom is -0.462 e. The second kappa shape index (κ2) is 10.1. The van der Waals surface area contributed by atoms with Crippen molar-refractivity contribution in [2.24, 2.45) is 5.92 Å². The summed E-state index contributed by atoms with van der Waals surface area (Å²) in [5, 5.41) is 7.54. The normalized spacial score (nSPS) is 11.0. The number of amides is 1. The predicted molar refractivity (Wildman–Crippen MR) is 120 cm³/mol. The smallest absolute Gasteiger partial charge is 0.336 e. The molecule has 1 heterocycles. The van der Waals surface area contributed by atoms with E-state index >= 15 is 0 Å². The van der Waals surface area contributed by atoms with E-state index in [1.54, 1.807) is 4.68 Å². The summed E-state index contributed by atoms with van der Waals surface area (Å²) in [5.41, 5.74) is 3.74. The summed E-state index contributed by atoms with van der Waals surface area (Å²) in [4.78, 5) is 16.6. The number of anilines is 1. The summed E-state index contributed by atoms with van der Waals surface area (Å²) < 4.78 is 7.58. The molecule has 0 unspecified atom stereocenters. The van der Waals surface area contributed by atoms with E-state index in [0.717, 1.165) is 41.2 Å². The largest absolute Gasteiger partial charge is 0.462 e. The van der Waals surface area contributed by atoms with Crippen molar-refractivity contribution in [2.45, 2.75) is 47.0 Å². The molecule has 0 radical (unpaired) electrons. The lowest BCUT2D eigenvalue weighted by molar-refractivity contribution is -0.116. The zero-order valence-electron chi connectivity index (χ0n) is 18.2. The molecule has 3 rings (SSSR count). The lowest BCUT2D eigenvalue weighted by Crippen LogP contribution is -2.11. The van der Waals surface area contributed by atoms with Gasteiger partial charge in [0.2, 0.25) is 5.91 Å². The Balaban J connectivity index is 1.90. The third-order valence-corrected chi connectivity index (χ3v) is 4.67. The van der Waals surface area contributed by atoms with Crippen LogP contribution in [0.4, 0.5) is 5.69 Å². The predicted octanol–water partition coefficient (Wildman–Crippen LogP) is 5.41. The van der Waals surface area contributed by atoms with Crippen LogP contribution in [0.1, 0.15) is 45.6 Å². The first-order valence-electron chi connectivity index (χ1n) is 10.5. The lowest BCUT2D eigenvalue weighted by Gasteiger charge is -2.09. The molecule has 6 heteroatoms. The van der Waals surface area contributed by atoms with E-state index in [2.05, 4.69) is 49.2 Å². The fraction of sp³-hybridized carbons (Fsp3) is 0.375. The standard InChI is InChI=1S/C24H30N4O2/c1-5-6-11-22(29)25-19-12-14-20(15-13-19)28-23(21-10-8-7-9-18(21)4)26-24(27-28)30-16-17(2)3/h7-10,12-15,17H,5-6,11,16H2,1-4H3,(H,25,29). The number of carbonyl (C=O) groups excluding carboxylic acids is 1. The number of carbonyl (C=O) groups is 1. The summed E-state index contributed by atoms with van der Waals surface area (Å²) in [7, 11) is 0. The molecule has 0 atom stereocenters. The second-order valence-electron chi connectivity index (χ2n) is 7.85. The minimum atomic E-state index is 0.0373. The van der Waals surface area contributed by atoms with Gasteiger partial charge in [-0.15, -0.1) is 5.10 Å². The van der Waals surface area contributed by atoms with Crippen molar-refractivity contribution in [2.75, 3.05) is 11.9 Å². The van der Waals surface area contributed by atoms with Gasteiger partial charge >= 0.3 is 6.01 Å². The van der Waals surface area contributed by atoms with Crippen LogP contribution >= 0.6 is 0 Å². The van der Waals surface area contributed by atoms with Gasteiger partial charge in [0.05, 0.1) is 12.3 Å². The molecule has 2 aromatic carbocycles. The molecule has 0 aliphatic carbocycles. The Morgan fingerprint density at radius 1 is 1.13 bits per heavy atom. The maximum absolute atomic E-state index is 12.0. The van der Waals surface area contributed by atoms with Gasteiger partial charge in [-0.3, -0.25) is 4.79 Å². The number of benzene rings is 2. The molecular weight excluding hydrogens is 376 g/mol. The lowest BCUT2D eigenvalue weighted by atomic mass is 10.1. The zero-order valence-corrected chi connectivity index (χ0v) is 18.2. The number of rotatable bonds is 9. The monoisotopic (exact) mass is 406 g/mol. The first kappa shape index (κ1) is 21.6. The highest BCUT2D eigenvalue weighted by molar-refractivity contribution is 5.90. The Morgan fingerprint density at radius 2 is 1.87 bits per heavy atom. The first-order valence-corrected chi connectivity index (χ1v) is 10.5. The molecule has 0 aliphatic heterocycles. The highest BCUT2D eigenvalue weighted by atomic mass is 16.5. The van der Waals surface area contributed by atoms with Crippen LogP contribution in [0, 0.1) is 12.8 Å². The Labute approximate surface area is 178 Å². The fourth-order valence-electron chi connectivity index (χ4n) is 3.02. The molecule has 0 bridgehead atoms. The van der Waals surface area contributed by atoms with Crippen LogP contribution in [0.3, 0.4) is 0 Å². The summed E-state index contributed by atoms with van der Waals surface area (Å²) in [6, 6.07) is 16.1. The van der Waals surface area contributed by atoms with E-state index in [-0.39, 0.29) is 5.91 Å². The van der Waals surface area contributed by atoms with Crippen molar-refractivity contribution in [3.05, 3.63) is 54.1 Å². The van der Waals surface area contributed by atoms with Crippen molar-refractivity contribution < 1.29 is 9.53 Å². The number of ether oxygens (including phenoxy) is 1. The number of aryl methyl sites for hydroxylation is 1. The zero-order chi connectivity index (χ0) is 21.5. The van der Waals surface area contributed by atoms with Gasteiger partial charge in [0.15, 0.2) is 5.82 Å². The van der Waals surface area contributed by atoms with Crippen LogP contribution in [0.2, 0.25) is 0 Å². The Bertz CT molecular complexity index is 977. The second-order valence-corrected chi connectivity index (χ2v) is 7.85. The van der Waals surface area contributed by atoms with E-state index in [1.165, 1.54) is 0 Å². The topological polar surface area (TPSA) is 69.0 Å². The minimum absolute atomic E-state index is 0.0373. The third kappa shape index (κ3) is 5.47. The highest BCUT2D eigenvalue weighted by Gasteiger charge is 2.16. The average molecular weight is 407 g/mol. The molecule has 158 valence electrons. The van der Waals surface area contributed by atoms with E-state index in [1.807, 2.05) is 42.5 Å². The summed E-state index contributed by atoms with van der Waals surface area (Å²) in [5.74, 6) is 1.15.